The molecule has 0 aliphatic rings. The summed E-state index contributed by atoms with van der Waals surface area (Å²) in [7, 11) is 0. The predicted molar refractivity (Wildman–Crippen MR) is 36.0 cm³/mol. The number of hydrogen-bond donors (Lipinski definition) is 2. The maximum atomic E-state index is 5.53. The molecule has 4 N–H and O–H groups in total. The quantitative estimate of drug-likeness (QED) is 0.564. The topological polar surface area (TPSA) is 52.0 Å². The third kappa shape index (κ3) is 4.09. The monoisotopic (exact) mass is 115 g/mol. The lowest BCUT2D eigenvalue weighted by Gasteiger charge is -2.04. The summed E-state index contributed by atoms with van der Waals surface area (Å²) in [6, 6.07) is 1.04. The van der Waals surface area contributed by atoms with E-state index >= 15 is 0 Å². The van der Waals surface area contributed by atoms with Crippen molar-refractivity contribution in [2.45, 2.75) is 26.2 Å². The molecule has 0 heterocycles. The molecule has 1 radical (unpaired) electrons. The SMILES string of the molecule is CCC[C](N)CCN. The van der Waals surface area contributed by atoms with Gasteiger partial charge in [-0.1, -0.05) is 13.3 Å². The van der Waals surface area contributed by atoms with Gasteiger partial charge in [0.15, 0.2) is 0 Å². The zero-order chi connectivity index (χ0) is 6.41. The zero-order valence-corrected chi connectivity index (χ0v) is 5.48. The van der Waals surface area contributed by atoms with Crippen LogP contribution in [0.25, 0.3) is 0 Å². The Kier molecular flexibility index (Phi) is 5.01. The van der Waals surface area contributed by atoms with Gasteiger partial charge in [-0.2, -0.15) is 0 Å². The van der Waals surface area contributed by atoms with Crippen LogP contribution in [0.15, 0.2) is 0 Å². The zero-order valence-electron chi connectivity index (χ0n) is 5.48. The summed E-state index contributed by atoms with van der Waals surface area (Å²) in [6.07, 6.45) is 3.04. The second-order valence-electron chi connectivity index (χ2n) is 1.95. The fourth-order valence-electron chi connectivity index (χ4n) is 0.632. The Morgan fingerprint density at radius 2 is 2.00 bits per heavy atom. The first-order valence-corrected chi connectivity index (χ1v) is 3.11. The van der Waals surface area contributed by atoms with E-state index in [1.54, 1.807) is 0 Å². The highest BCUT2D eigenvalue weighted by Crippen LogP contribution is 2.03. The molecule has 0 aromatic rings. The van der Waals surface area contributed by atoms with E-state index in [2.05, 4.69) is 6.92 Å². The summed E-state index contributed by atoms with van der Waals surface area (Å²) in [5.74, 6) is 0. The summed E-state index contributed by atoms with van der Waals surface area (Å²) in [5, 5.41) is 0. The minimum Gasteiger partial charge on any atom is -0.330 e. The van der Waals surface area contributed by atoms with Gasteiger partial charge in [-0.15, -0.1) is 0 Å². The Morgan fingerprint density at radius 3 is 2.38 bits per heavy atom. The van der Waals surface area contributed by atoms with Crippen molar-refractivity contribution in [1.29, 1.82) is 0 Å². The molecule has 2 nitrogen and oxygen atoms in total. The molecular formula is C6H15N2. The Hall–Kier alpha value is -0.0800. The van der Waals surface area contributed by atoms with E-state index in [1.807, 2.05) is 0 Å². The number of rotatable bonds is 4. The lowest BCUT2D eigenvalue weighted by atomic mass is 10.1. The molecule has 0 aliphatic carbocycles. The van der Waals surface area contributed by atoms with Crippen molar-refractivity contribution in [3.63, 3.8) is 0 Å². The first-order valence-electron chi connectivity index (χ1n) is 3.11. The van der Waals surface area contributed by atoms with E-state index in [1.165, 1.54) is 0 Å². The molecule has 0 atom stereocenters. The van der Waals surface area contributed by atoms with Crippen LogP contribution in [0.3, 0.4) is 0 Å². The van der Waals surface area contributed by atoms with Gasteiger partial charge in [-0.05, 0) is 19.4 Å². The van der Waals surface area contributed by atoms with Crippen molar-refractivity contribution in [3.8, 4) is 0 Å². The first kappa shape index (κ1) is 7.92. The molecule has 49 valence electrons. The van der Waals surface area contributed by atoms with Crippen LogP contribution in [-0.4, -0.2) is 6.54 Å². The third-order valence-electron chi connectivity index (χ3n) is 1.04. The number of hydrogen-bond acceptors (Lipinski definition) is 2. The Labute approximate surface area is 51.2 Å². The summed E-state index contributed by atoms with van der Waals surface area (Å²) in [6.45, 7) is 2.80. The van der Waals surface area contributed by atoms with Crippen LogP contribution in [0.4, 0.5) is 0 Å². The van der Waals surface area contributed by atoms with Crippen molar-refractivity contribution >= 4 is 0 Å². The first-order chi connectivity index (χ1) is 3.81. The molecule has 0 aromatic heterocycles. The Morgan fingerprint density at radius 1 is 1.38 bits per heavy atom. The standard InChI is InChI=1S/C6H15N2/c1-2-3-6(8)4-5-7/h2-5,7-8H2,1H3. The maximum Gasteiger partial charge on any atom is 0.0349 e. The van der Waals surface area contributed by atoms with Crippen molar-refractivity contribution in [2.75, 3.05) is 6.54 Å². The molecular weight excluding hydrogens is 100 g/mol. The molecule has 0 bridgehead atoms. The van der Waals surface area contributed by atoms with Gasteiger partial charge in [0.1, 0.15) is 0 Å². The Bertz CT molecular complexity index is 39.8. The molecule has 0 amide bonds. The lowest BCUT2D eigenvalue weighted by Crippen LogP contribution is -2.14. The van der Waals surface area contributed by atoms with E-state index in [0.29, 0.717) is 6.54 Å². The van der Waals surface area contributed by atoms with Gasteiger partial charge in [0, 0.05) is 6.04 Å². The molecule has 0 aromatic carbocycles. The second kappa shape index (κ2) is 5.06. The highest BCUT2D eigenvalue weighted by atomic mass is 14.6. The van der Waals surface area contributed by atoms with Crippen LogP contribution in [0.2, 0.25) is 0 Å². The van der Waals surface area contributed by atoms with Gasteiger partial charge < -0.3 is 11.5 Å². The summed E-state index contributed by atoms with van der Waals surface area (Å²) in [4.78, 5) is 0. The van der Waals surface area contributed by atoms with E-state index in [4.69, 9.17) is 11.5 Å². The average Bonchev–Trinajstić information content (AvgIpc) is 1.68. The molecule has 0 aliphatic heterocycles. The normalized spacial score (nSPS) is 10.5. The van der Waals surface area contributed by atoms with Crippen LogP contribution in [0, 0.1) is 6.04 Å². The van der Waals surface area contributed by atoms with Crippen molar-refractivity contribution in [2.24, 2.45) is 11.5 Å². The minimum atomic E-state index is 0.686. The maximum absolute atomic E-state index is 5.53. The second-order valence-corrected chi connectivity index (χ2v) is 1.95. The average molecular weight is 115 g/mol. The Balaban J connectivity index is 2.92. The summed E-state index contributed by atoms with van der Waals surface area (Å²) < 4.78 is 0. The van der Waals surface area contributed by atoms with Gasteiger partial charge in [-0.3, -0.25) is 0 Å². The highest BCUT2D eigenvalue weighted by Gasteiger charge is 1.97. The van der Waals surface area contributed by atoms with Gasteiger partial charge in [0.25, 0.3) is 0 Å². The fraction of sp³-hybridized carbons (Fsp3) is 0.833. The minimum absolute atomic E-state index is 0.686. The van der Waals surface area contributed by atoms with Crippen molar-refractivity contribution in [1.82, 2.24) is 0 Å². The molecule has 0 spiro atoms. The number of nitrogens with two attached hydrogens (primary N) is 2. The molecule has 0 unspecified atom stereocenters. The van der Waals surface area contributed by atoms with Crippen molar-refractivity contribution < 1.29 is 0 Å². The molecule has 0 saturated carbocycles. The van der Waals surface area contributed by atoms with Gasteiger partial charge in [-0.25, -0.2) is 0 Å². The molecule has 2 heteroatoms. The van der Waals surface area contributed by atoms with Gasteiger partial charge in [0.05, 0.1) is 0 Å². The largest absolute Gasteiger partial charge is 0.330 e. The predicted octanol–water partition coefficient (Wildman–Crippen LogP) is 0.626. The summed E-state index contributed by atoms with van der Waals surface area (Å²) in [5.41, 5.74) is 10.8. The third-order valence-corrected chi connectivity index (χ3v) is 1.04. The van der Waals surface area contributed by atoms with E-state index in [9.17, 15) is 0 Å². The summed E-state index contributed by atoms with van der Waals surface area (Å²) >= 11 is 0. The highest BCUT2D eigenvalue weighted by molar-refractivity contribution is 4.80. The lowest BCUT2D eigenvalue weighted by molar-refractivity contribution is 0.699. The molecule has 0 saturated heterocycles. The molecule has 8 heavy (non-hydrogen) atoms. The van der Waals surface area contributed by atoms with Crippen LogP contribution in [-0.2, 0) is 0 Å². The van der Waals surface area contributed by atoms with Crippen LogP contribution in [0.1, 0.15) is 26.2 Å². The van der Waals surface area contributed by atoms with E-state index < -0.39 is 0 Å². The fourth-order valence-corrected chi connectivity index (χ4v) is 0.632. The van der Waals surface area contributed by atoms with E-state index in [0.717, 1.165) is 25.3 Å². The van der Waals surface area contributed by atoms with E-state index in [-0.39, 0.29) is 0 Å². The smallest absolute Gasteiger partial charge is 0.0349 e. The van der Waals surface area contributed by atoms with Gasteiger partial charge >= 0.3 is 0 Å². The van der Waals surface area contributed by atoms with Gasteiger partial charge in [0.2, 0.25) is 0 Å². The van der Waals surface area contributed by atoms with Crippen LogP contribution >= 0.6 is 0 Å². The van der Waals surface area contributed by atoms with Crippen LogP contribution < -0.4 is 11.5 Å². The molecule has 0 rings (SSSR count). The van der Waals surface area contributed by atoms with Crippen LogP contribution in [0.5, 0.6) is 0 Å². The molecule has 0 fully saturated rings. The van der Waals surface area contributed by atoms with Crippen molar-refractivity contribution in [3.05, 3.63) is 6.04 Å².